The van der Waals surface area contributed by atoms with Crippen LogP contribution in [0.5, 0.6) is 0 Å². The Bertz CT molecular complexity index is 494. The minimum Gasteiger partial charge on any atom is -0.465 e. The number of halogens is 1. The summed E-state index contributed by atoms with van der Waals surface area (Å²) in [6.45, 7) is 0. The molecule has 0 aliphatic carbocycles. The molecule has 0 aliphatic heterocycles. The SMILES string of the molecule is COC(=O)c1cnc(Br)c2[nH]cnc12. The molecule has 0 spiro atoms. The van der Waals surface area contributed by atoms with Gasteiger partial charge in [0.25, 0.3) is 0 Å². The number of ether oxygens (including phenoxy) is 1. The van der Waals surface area contributed by atoms with E-state index in [0.717, 1.165) is 0 Å². The van der Waals surface area contributed by atoms with Crippen molar-refractivity contribution in [2.75, 3.05) is 7.11 Å². The second-order valence-electron chi connectivity index (χ2n) is 2.58. The topological polar surface area (TPSA) is 67.9 Å². The van der Waals surface area contributed by atoms with Gasteiger partial charge in [-0.2, -0.15) is 0 Å². The molecule has 0 amide bonds. The van der Waals surface area contributed by atoms with Gasteiger partial charge in [-0.25, -0.2) is 14.8 Å². The van der Waals surface area contributed by atoms with E-state index in [-0.39, 0.29) is 0 Å². The molecule has 2 rings (SSSR count). The summed E-state index contributed by atoms with van der Waals surface area (Å²) < 4.78 is 5.23. The largest absolute Gasteiger partial charge is 0.465 e. The van der Waals surface area contributed by atoms with E-state index in [0.29, 0.717) is 21.2 Å². The lowest BCUT2D eigenvalue weighted by molar-refractivity contribution is 0.0602. The second kappa shape index (κ2) is 3.38. The third kappa shape index (κ3) is 1.27. The Kier molecular flexibility index (Phi) is 2.20. The number of carbonyl (C=O) groups excluding carboxylic acids is 1. The molecule has 0 aliphatic rings. The van der Waals surface area contributed by atoms with Gasteiger partial charge >= 0.3 is 5.97 Å². The van der Waals surface area contributed by atoms with E-state index in [2.05, 4.69) is 35.6 Å². The van der Waals surface area contributed by atoms with Crippen LogP contribution in [0.2, 0.25) is 0 Å². The van der Waals surface area contributed by atoms with Crippen LogP contribution in [0, 0.1) is 0 Å². The van der Waals surface area contributed by atoms with E-state index in [1.165, 1.54) is 19.6 Å². The Hall–Kier alpha value is -1.43. The van der Waals surface area contributed by atoms with Crippen molar-refractivity contribution < 1.29 is 9.53 Å². The molecule has 0 radical (unpaired) electrons. The molecule has 6 heteroatoms. The molecule has 0 saturated heterocycles. The predicted octanol–water partition coefficient (Wildman–Crippen LogP) is 1.51. The molecule has 0 aromatic carbocycles. The molecule has 72 valence electrons. The van der Waals surface area contributed by atoms with Gasteiger partial charge in [-0.3, -0.25) is 0 Å². The summed E-state index contributed by atoms with van der Waals surface area (Å²) in [7, 11) is 1.32. The van der Waals surface area contributed by atoms with Crippen LogP contribution >= 0.6 is 15.9 Å². The van der Waals surface area contributed by atoms with Crippen molar-refractivity contribution in [2.45, 2.75) is 0 Å². The van der Waals surface area contributed by atoms with Crippen LogP contribution < -0.4 is 0 Å². The molecule has 0 fully saturated rings. The van der Waals surface area contributed by atoms with Gasteiger partial charge in [-0.15, -0.1) is 0 Å². The first-order chi connectivity index (χ1) is 6.74. The standard InChI is InChI=1S/C8H6BrN3O2/c1-14-8(13)4-2-10-7(9)6-5(4)11-3-12-6/h2-3H,1H3,(H,11,12). The zero-order valence-corrected chi connectivity index (χ0v) is 8.83. The molecule has 0 atom stereocenters. The van der Waals surface area contributed by atoms with Gasteiger partial charge in [0, 0.05) is 6.20 Å². The lowest BCUT2D eigenvalue weighted by Crippen LogP contribution is -2.03. The number of H-pyrrole nitrogens is 1. The maximum Gasteiger partial charge on any atom is 0.341 e. The third-order valence-electron chi connectivity index (χ3n) is 1.81. The highest BCUT2D eigenvalue weighted by Crippen LogP contribution is 2.21. The van der Waals surface area contributed by atoms with Gasteiger partial charge in [0.15, 0.2) is 0 Å². The summed E-state index contributed by atoms with van der Waals surface area (Å²) in [5, 5.41) is 0. The van der Waals surface area contributed by atoms with E-state index >= 15 is 0 Å². The number of fused-ring (bicyclic) bond motifs is 1. The molecular formula is C8H6BrN3O2. The number of imidazole rings is 1. The molecular weight excluding hydrogens is 250 g/mol. The van der Waals surface area contributed by atoms with Crippen LogP contribution in [-0.4, -0.2) is 28.0 Å². The van der Waals surface area contributed by atoms with Crippen molar-refractivity contribution in [2.24, 2.45) is 0 Å². The molecule has 2 heterocycles. The van der Waals surface area contributed by atoms with E-state index in [1.807, 2.05) is 0 Å². The number of pyridine rings is 1. The van der Waals surface area contributed by atoms with Crippen molar-refractivity contribution in [1.82, 2.24) is 15.0 Å². The van der Waals surface area contributed by atoms with Gasteiger partial charge in [0.1, 0.15) is 15.7 Å². The zero-order chi connectivity index (χ0) is 10.1. The maximum atomic E-state index is 11.3. The number of nitrogens with one attached hydrogen (secondary N) is 1. The van der Waals surface area contributed by atoms with Crippen molar-refractivity contribution in [1.29, 1.82) is 0 Å². The number of rotatable bonds is 1. The fraction of sp³-hybridized carbons (Fsp3) is 0.125. The number of aromatic nitrogens is 3. The lowest BCUT2D eigenvalue weighted by atomic mass is 10.2. The molecule has 2 aromatic rings. The van der Waals surface area contributed by atoms with Gasteiger partial charge in [-0.05, 0) is 15.9 Å². The normalized spacial score (nSPS) is 10.4. The summed E-state index contributed by atoms with van der Waals surface area (Å²) >= 11 is 3.25. The average Bonchev–Trinajstić information content (AvgIpc) is 2.67. The van der Waals surface area contributed by atoms with Crippen molar-refractivity contribution in [3.05, 3.63) is 22.7 Å². The monoisotopic (exact) mass is 255 g/mol. The average molecular weight is 256 g/mol. The zero-order valence-electron chi connectivity index (χ0n) is 7.24. The van der Waals surface area contributed by atoms with Crippen LogP contribution in [0.25, 0.3) is 11.0 Å². The first-order valence-corrected chi connectivity index (χ1v) is 4.59. The minimum absolute atomic E-state index is 0.354. The number of carbonyl (C=O) groups is 1. The molecule has 0 bridgehead atoms. The minimum atomic E-state index is -0.442. The van der Waals surface area contributed by atoms with E-state index in [4.69, 9.17) is 0 Å². The Balaban J connectivity index is 2.72. The van der Waals surface area contributed by atoms with Gasteiger partial charge in [0.05, 0.1) is 19.0 Å². The molecule has 0 saturated carbocycles. The first-order valence-electron chi connectivity index (χ1n) is 3.80. The highest BCUT2D eigenvalue weighted by molar-refractivity contribution is 9.10. The van der Waals surface area contributed by atoms with Crippen molar-refractivity contribution in [3.8, 4) is 0 Å². The van der Waals surface area contributed by atoms with Crippen molar-refractivity contribution in [3.63, 3.8) is 0 Å². The number of methoxy groups -OCH3 is 1. The van der Waals surface area contributed by atoms with Gasteiger partial charge in [-0.1, -0.05) is 0 Å². The Labute approximate surface area is 87.6 Å². The number of aromatic amines is 1. The quantitative estimate of drug-likeness (QED) is 0.620. The number of esters is 1. The fourth-order valence-electron chi connectivity index (χ4n) is 1.16. The van der Waals surface area contributed by atoms with Crippen molar-refractivity contribution >= 4 is 32.9 Å². The summed E-state index contributed by atoms with van der Waals surface area (Å²) in [6.07, 6.45) is 2.93. The van der Waals surface area contributed by atoms with E-state index in [1.54, 1.807) is 0 Å². The second-order valence-corrected chi connectivity index (χ2v) is 3.33. The number of hydrogen-bond donors (Lipinski definition) is 1. The summed E-state index contributed by atoms with van der Waals surface area (Å²) in [5.41, 5.74) is 1.60. The summed E-state index contributed by atoms with van der Waals surface area (Å²) in [4.78, 5) is 22.2. The molecule has 2 aromatic heterocycles. The first kappa shape index (κ1) is 9.14. The maximum absolute atomic E-state index is 11.3. The molecule has 1 N–H and O–H groups in total. The Morgan fingerprint density at radius 3 is 3.07 bits per heavy atom. The number of hydrogen-bond acceptors (Lipinski definition) is 4. The van der Waals surface area contributed by atoms with E-state index < -0.39 is 5.97 Å². The van der Waals surface area contributed by atoms with Crippen LogP contribution in [0.4, 0.5) is 0 Å². The fourth-order valence-corrected chi connectivity index (χ4v) is 1.57. The summed E-state index contributed by atoms with van der Waals surface area (Å²) in [5.74, 6) is -0.442. The molecule has 14 heavy (non-hydrogen) atoms. The highest BCUT2D eigenvalue weighted by Gasteiger charge is 2.14. The van der Waals surface area contributed by atoms with Crippen LogP contribution in [-0.2, 0) is 4.74 Å². The highest BCUT2D eigenvalue weighted by atomic mass is 79.9. The Morgan fingerprint density at radius 1 is 1.57 bits per heavy atom. The molecule has 0 unspecified atom stereocenters. The van der Waals surface area contributed by atoms with Gasteiger partial charge < -0.3 is 9.72 Å². The van der Waals surface area contributed by atoms with Crippen LogP contribution in [0.15, 0.2) is 17.1 Å². The lowest BCUT2D eigenvalue weighted by Gasteiger charge is -1.99. The third-order valence-corrected chi connectivity index (χ3v) is 2.41. The number of nitrogens with zero attached hydrogens (tertiary/aromatic N) is 2. The van der Waals surface area contributed by atoms with Crippen LogP contribution in [0.1, 0.15) is 10.4 Å². The van der Waals surface area contributed by atoms with Gasteiger partial charge in [0.2, 0.25) is 0 Å². The van der Waals surface area contributed by atoms with Crippen LogP contribution in [0.3, 0.4) is 0 Å². The predicted molar refractivity (Wildman–Crippen MR) is 52.9 cm³/mol. The smallest absolute Gasteiger partial charge is 0.341 e. The summed E-state index contributed by atoms with van der Waals surface area (Å²) in [6, 6.07) is 0. The molecule has 5 nitrogen and oxygen atoms in total. The Morgan fingerprint density at radius 2 is 2.36 bits per heavy atom. The van der Waals surface area contributed by atoms with E-state index in [9.17, 15) is 4.79 Å².